The zero-order chi connectivity index (χ0) is 16.3. The van der Waals surface area contributed by atoms with E-state index in [1.807, 2.05) is 39.0 Å². The van der Waals surface area contributed by atoms with Crippen LogP contribution in [-0.4, -0.2) is 14.5 Å². The Morgan fingerprint density at radius 1 is 1.09 bits per heavy atom. The van der Waals surface area contributed by atoms with Gasteiger partial charge in [0.2, 0.25) is 0 Å². The van der Waals surface area contributed by atoms with Gasteiger partial charge in [-0.25, -0.2) is 0 Å². The van der Waals surface area contributed by atoms with Gasteiger partial charge in [0.15, 0.2) is 5.78 Å². The van der Waals surface area contributed by atoms with Crippen LogP contribution in [-0.2, 0) is 11.1 Å². The lowest BCUT2D eigenvalue weighted by atomic mass is 9.94. The fourth-order valence-electron chi connectivity index (χ4n) is 2.88. The molecule has 4 heteroatoms. The van der Waals surface area contributed by atoms with Gasteiger partial charge in [0, 0.05) is 12.0 Å². The predicted molar refractivity (Wildman–Crippen MR) is 87.7 cm³/mol. The fraction of sp³-hybridized carbons (Fsp3) is 0.278. The molecule has 0 heterocycles. The van der Waals surface area contributed by atoms with E-state index in [2.05, 4.69) is 0 Å². The van der Waals surface area contributed by atoms with Gasteiger partial charge in [-0.2, -0.15) is 0 Å². The third-order valence-corrected chi connectivity index (χ3v) is 4.63. The molecule has 2 aromatic carbocycles. The third-order valence-electron chi connectivity index (χ3n) is 3.76. The summed E-state index contributed by atoms with van der Waals surface area (Å²) in [6.07, 6.45) is -0.0368. The molecule has 0 bridgehead atoms. The van der Waals surface area contributed by atoms with Crippen molar-refractivity contribution in [1.82, 2.24) is 0 Å². The summed E-state index contributed by atoms with van der Waals surface area (Å²) in [5, 5.41) is -0.812. The molecule has 0 aliphatic carbocycles. The molecule has 2 unspecified atom stereocenters. The number of carbonyl (C=O) groups excluding carboxylic acids is 1. The minimum Gasteiger partial charge on any atom is -0.772 e. The van der Waals surface area contributed by atoms with E-state index in [0.29, 0.717) is 5.56 Å². The van der Waals surface area contributed by atoms with Gasteiger partial charge in [0.1, 0.15) is 0 Å². The molecule has 2 aromatic rings. The molecule has 0 aliphatic rings. The highest BCUT2D eigenvalue weighted by Gasteiger charge is 2.21. The molecule has 0 aromatic heterocycles. The van der Waals surface area contributed by atoms with Crippen molar-refractivity contribution in [3.05, 3.63) is 70.3 Å². The van der Waals surface area contributed by atoms with Crippen molar-refractivity contribution < 1.29 is 13.6 Å². The highest BCUT2D eigenvalue weighted by Crippen LogP contribution is 2.31. The molecular weight excluding hydrogens is 296 g/mol. The minimum absolute atomic E-state index is 0.0368. The number of benzene rings is 2. The predicted octanol–water partition coefficient (Wildman–Crippen LogP) is 3.81. The number of carbonyl (C=O) groups is 1. The Balaban J connectivity index is 2.36. The molecule has 0 saturated carbocycles. The molecule has 2 rings (SSSR count). The standard InChI is InChI=1S/C18H20O3S/c1-12-9-13(2)18(14(3)10-12)17(22(20)21)11-16(19)15-7-5-4-6-8-15/h4-10,17H,11H2,1-3H3,(H,20,21)/p-1. The maximum atomic E-state index is 12.3. The van der Waals surface area contributed by atoms with Gasteiger partial charge < -0.3 is 4.55 Å². The van der Waals surface area contributed by atoms with Crippen LogP contribution >= 0.6 is 0 Å². The Morgan fingerprint density at radius 2 is 1.64 bits per heavy atom. The Bertz CT molecular complexity index is 685. The van der Waals surface area contributed by atoms with E-state index in [0.717, 1.165) is 22.3 Å². The third kappa shape index (κ3) is 3.70. The van der Waals surface area contributed by atoms with Gasteiger partial charge >= 0.3 is 0 Å². The molecular formula is C18H19O3S-. The van der Waals surface area contributed by atoms with E-state index in [9.17, 15) is 13.6 Å². The lowest BCUT2D eigenvalue weighted by Crippen LogP contribution is -2.15. The van der Waals surface area contributed by atoms with E-state index in [4.69, 9.17) is 0 Å². The van der Waals surface area contributed by atoms with E-state index < -0.39 is 16.3 Å². The summed E-state index contributed by atoms with van der Waals surface area (Å²) in [6.45, 7) is 5.76. The van der Waals surface area contributed by atoms with Crippen molar-refractivity contribution in [2.75, 3.05) is 0 Å². The van der Waals surface area contributed by atoms with Crippen LogP contribution in [0.25, 0.3) is 0 Å². The van der Waals surface area contributed by atoms with E-state index in [1.165, 1.54) is 0 Å². The molecule has 0 saturated heterocycles. The molecule has 2 atom stereocenters. The van der Waals surface area contributed by atoms with Crippen LogP contribution in [0.2, 0.25) is 0 Å². The monoisotopic (exact) mass is 315 g/mol. The zero-order valence-electron chi connectivity index (χ0n) is 13.0. The summed E-state index contributed by atoms with van der Waals surface area (Å²) >= 11 is -2.35. The molecule has 0 spiro atoms. The van der Waals surface area contributed by atoms with Crippen LogP contribution in [0.4, 0.5) is 0 Å². The highest BCUT2D eigenvalue weighted by atomic mass is 32.2. The van der Waals surface area contributed by atoms with Gasteiger partial charge in [-0.1, -0.05) is 48.0 Å². The Hall–Kier alpha value is -1.78. The van der Waals surface area contributed by atoms with Crippen LogP contribution in [0.1, 0.15) is 44.3 Å². The van der Waals surface area contributed by atoms with Crippen molar-refractivity contribution in [3.63, 3.8) is 0 Å². The normalized spacial score (nSPS) is 13.6. The lowest BCUT2D eigenvalue weighted by molar-refractivity contribution is 0.0980. The van der Waals surface area contributed by atoms with Crippen LogP contribution in [0.15, 0.2) is 42.5 Å². The van der Waals surface area contributed by atoms with Crippen LogP contribution in [0.3, 0.4) is 0 Å². The number of aryl methyl sites for hydroxylation is 3. The first-order chi connectivity index (χ1) is 10.4. The molecule has 116 valence electrons. The van der Waals surface area contributed by atoms with Gasteiger partial charge in [-0.05, 0) is 48.5 Å². The Morgan fingerprint density at radius 3 is 2.14 bits per heavy atom. The SMILES string of the molecule is Cc1cc(C)c(C(CC(=O)c2ccccc2)S(=O)[O-])c(C)c1. The molecule has 0 N–H and O–H groups in total. The maximum Gasteiger partial charge on any atom is 0.164 e. The summed E-state index contributed by atoms with van der Waals surface area (Å²) in [5.41, 5.74) is 4.19. The minimum atomic E-state index is -2.35. The molecule has 0 fully saturated rings. The van der Waals surface area contributed by atoms with Crippen molar-refractivity contribution in [2.45, 2.75) is 32.4 Å². The zero-order valence-corrected chi connectivity index (χ0v) is 13.8. The second-order valence-electron chi connectivity index (χ2n) is 5.55. The quantitative estimate of drug-likeness (QED) is 0.623. The van der Waals surface area contributed by atoms with E-state index in [1.54, 1.807) is 24.3 Å². The van der Waals surface area contributed by atoms with Crippen molar-refractivity contribution in [1.29, 1.82) is 0 Å². The average Bonchev–Trinajstić information content (AvgIpc) is 2.45. The van der Waals surface area contributed by atoms with Crippen molar-refractivity contribution in [2.24, 2.45) is 0 Å². The number of Topliss-reactive ketones (excluding diaryl/α,β-unsaturated/α-hetero) is 1. The number of rotatable bonds is 5. The second-order valence-corrected chi connectivity index (χ2v) is 6.64. The smallest absolute Gasteiger partial charge is 0.164 e. The summed E-state index contributed by atoms with van der Waals surface area (Å²) in [4.78, 5) is 12.3. The molecule has 0 amide bonds. The Labute approximate surface area is 133 Å². The lowest BCUT2D eigenvalue weighted by Gasteiger charge is -2.24. The summed E-state index contributed by atoms with van der Waals surface area (Å²) in [7, 11) is 0. The van der Waals surface area contributed by atoms with Gasteiger partial charge in [0.05, 0.1) is 5.25 Å². The molecule has 0 radical (unpaired) electrons. The first kappa shape index (κ1) is 16.6. The van der Waals surface area contributed by atoms with Crippen LogP contribution in [0, 0.1) is 20.8 Å². The van der Waals surface area contributed by atoms with E-state index >= 15 is 0 Å². The first-order valence-corrected chi connectivity index (χ1v) is 8.28. The molecule has 22 heavy (non-hydrogen) atoms. The average molecular weight is 315 g/mol. The summed E-state index contributed by atoms with van der Waals surface area (Å²) < 4.78 is 23.4. The number of ketones is 1. The van der Waals surface area contributed by atoms with Crippen LogP contribution < -0.4 is 0 Å². The van der Waals surface area contributed by atoms with Gasteiger partial charge in [0.25, 0.3) is 0 Å². The second kappa shape index (κ2) is 6.99. The van der Waals surface area contributed by atoms with E-state index in [-0.39, 0.29) is 12.2 Å². The summed E-state index contributed by atoms with van der Waals surface area (Å²) in [5.74, 6) is -0.158. The van der Waals surface area contributed by atoms with Gasteiger partial charge in [-0.3, -0.25) is 9.00 Å². The number of hydrogen-bond donors (Lipinski definition) is 0. The van der Waals surface area contributed by atoms with Crippen molar-refractivity contribution in [3.8, 4) is 0 Å². The number of hydrogen-bond acceptors (Lipinski definition) is 3. The molecule has 0 aliphatic heterocycles. The fourth-order valence-corrected chi connectivity index (χ4v) is 3.73. The van der Waals surface area contributed by atoms with Gasteiger partial charge in [-0.15, -0.1) is 0 Å². The Kier molecular flexibility index (Phi) is 5.27. The molecule has 3 nitrogen and oxygen atoms in total. The maximum absolute atomic E-state index is 12.3. The summed E-state index contributed by atoms with van der Waals surface area (Å²) in [6, 6.07) is 12.7. The topological polar surface area (TPSA) is 57.2 Å². The van der Waals surface area contributed by atoms with Crippen LogP contribution in [0.5, 0.6) is 0 Å². The highest BCUT2D eigenvalue weighted by molar-refractivity contribution is 7.79. The largest absolute Gasteiger partial charge is 0.772 e. The first-order valence-electron chi connectivity index (χ1n) is 7.14. The van der Waals surface area contributed by atoms with Crippen molar-refractivity contribution >= 4 is 16.9 Å².